The van der Waals surface area contributed by atoms with Gasteiger partial charge in [-0.25, -0.2) is 18.3 Å². The van der Waals surface area contributed by atoms with Gasteiger partial charge in [0.05, 0.1) is 18.8 Å². The Morgan fingerprint density at radius 1 is 1.36 bits per heavy atom. The highest BCUT2D eigenvalue weighted by atomic mass is 19.1. The Morgan fingerprint density at radius 3 is 2.93 bits per heavy atom. The molecule has 2 atom stereocenters. The molecule has 0 saturated carbocycles. The smallest absolute Gasteiger partial charge is 0.207 e. The van der Waals surface area contributed by atoms with Gasteiger partial charge in [-0.2, -0.15) is 5.10 Å². The van der Waals surface area contributed by atoms with Crippen LogP contribution in [0, 0.1) is 12.7 Å². The monoisotopic (exact) mass is 389 g/mol. The van der Waals surface area contributed by atoms with Gasteiger partial charge in [-0.15, -0.1) is 0 Å². The number of nitrogens with one attached hydrogen (secondary N) is 2. The van der Waals surface area contributed by atoms with E-state index in [-0.39, 0.29) is 12.6 Å². The first-order chi connectivity index (χ1) is 13.5. The summed E-state index contributed by atoms with van der Waals surface area (Å²) in [5, 5.41) is 9.77. The summed E-state index contributed by atoms with van der Waals surface area (Å²) in [6.07, 6.45) is 3.10. The van der Waals surface area contributed by atoms with Crippen LogP contribution in [-0.4, -0.2) is 40.3 Å². The third-order valence-electron chi connectivity index (χ3n) is 4.24. The molecule has 0 aliphatic carbocycles. The summed E-state index contributed by atoms with van der Waals surface area (Å²) in [5.74, 6) is 0.482. The number of anilines is 1. The van der Waals surface area contributed by atoms with Crippen LogP contribution in [0.3, 0.4) is 0 Å². The normalized spacial score (nSPS) is 13.1. The lowest BCUT2D eigenvalue weighted by Gasteiger charge is -2.22. The molecule has 0 aliphatic rings. The van der Waals surface area contributed by atoms with Crippen LogP contribution in [0.25, 0.3) is 5.65 Å². The molecule has 0 spiro atoms. The molecule has 9 heteroatoms. The molecule has 7 nitrogen and oxygen atoms in total. The molecule has 148 valence electrons. The zero-order chi connectivity index (χ0) is 20.1. The fourth-order valence-electron chi connectivity index (χ4n) is 2.81. The van der Waals surface area contributed by atoms with Crippen molar-refractivity contribution in [2.75, 3.05) is 18.5 Å². The van der Waals surface area contributed by atoms with Crippen LogP contribution < -0.4 is 15.4 Å². The van der Waals surface area contributed by atoms with Crippen LogP contribution in [0.15, 0.2) is 36.7 Å². The number of ether oxygens (including phenoxy) is 1. The van der Waals surface area contributed by atoms with E-state index in [4.69, 9.17) is 4.74 Å². The van der Waals surface area contributed by atoms with Crippen molar-refractivity contribution in [3.05, 3.63) is 53.6 Å². The molecule has 0 bridgehead atoms. The molecule has 3 rings (SSSR count). The number of carbonyl (C=O) groups is 1. The number of carbonyl (C=O) groups excluding carboxylic acids is 1. The van der Waals surface area contributed by atoms with Crippen LogP contribution in [0.2, 0.25) is 0 Å². The van der Waals surface area contributed by atoms with E-state index in [0.717, 1.165) is 5.56 Å². The molecule has 0 unspecified atom stereocenters. The average molecular weight is 389 g/mol. The van der Waals surface area contributed by atoms with Crippen LogP contribution >= 0.6 is 0 Å². The summed E-state index contributed by atoms with van der Waals surface area (Å²) in [7, 11) is 0. The number of hydrogen-bond donors (Lipinski definition) is 2. The Bertz CT molecular complexity index is 963. The minimum absolute atomic E-state index is 0.0112. The largest absolute Gasteiger partial charge is 0.485 e. The molecular formula is C19H21F2N5O2. The lowest BCUT2D eigenvalue weighted by atomic mass is 10.1. The van der Waals surface area contributed by atoms with E-state index in [0.29, 0.717) is 29.2 Å². The Kier molecular flexibility index (Phi) is 6.03. The first-order valence-corrected chi connectivity index (χ1v) is 8.78. The van der Waals surface area contributed by atoms with Gasteiger partial charge >= 0.3 is 0 Å². The van der Waals surface area contributed by atoms with Gasteiger partial charge in [0.2, 0.25) is 6.41 Å². The highest BCUT2D eigenvalue weighted by molar-refractivity contribution is 5.52. The summed E-state index contributed by atoms with van der Waals surface area (Å²) in [5.41, 5.74) is 2.15. The molecule has 3 aromatic rings. The number of nitrogens with zero attached hydrogens (tertiary/aromatic N) is 3. The maximum atomic E-state index is 13.8. The summed E-state index contributed by atoms with van der Waals surface area (Å²) in [4.78, 5) is 15.0. The SMILES string of the molecule is Cc1cnn2ccc(N[C@H](C)c3cc(F)ccc3O[C@@H](CF)CNC=O)nc12. The van der Waals surface area contributed by atoms with Gasteiger partial charge in [0, 0.05) is 17.3 Å². The van der Waals surface area contributed by atoms with Crippen molar-refractivity contribution in [3.63, 3.8) is 0 Å². The van der Waals surface area contributed by atoms with E-state index in [1.54, 1.807) is 23.0 Å². The lowest BCUT2D eigenvalue weighted by Crippen LogP contribution is -2.32. The van der Waals surface area contributed by atoms with Gasteiger partial charge in [-0.1, -0.05) is 0 Å². The molecule has 1 amide bonds. The quantitative estimate of drug-likeness (QED) is 0.550. The standard InChI is InChI=1S/C19H21F2N5O2/c1-12-9-23-26-6-5-18(25-19(12)26)24-13(2)16-7-14(21)3-4-17(16)28-15(8-20)10-22-11-27/h3-7,9,11,13,15H,8,10H2,1-2H3,(H,22,27)(H,24,25)/t13-,15+/m1/s1. The Morgan fingerprint density at radius 2 is 2.18 bits per heavy atom. The van der Waals surface area contributed by atoms with Crippen LogP contribution in [0.1, 0.15) is 24.1 Å². The zero-order valence-corrected chi connectivity index (χ0v) is 15.5. The van der Waals surface area contributed by atoms with Crippen molar-refractivity contribution >= 4 is 17.9 Å². The minimum Gasteiger partial charge on any atom is -0.485 e. The molecule has 2 heterocycles. The Balaban J connectivity index is 1.83. The predicted molar refractivity (Wildman–Crippen MR) is 101 cm³/mol. The lowest BCUT2D eigenvalue weighted by molar-refractivity contribution is -0.109. The minimum atomic E-state index is -0.870. The zero-order valence-electron chi connectivity index (χ0n) is 15.5. The second kappa shape index (κ2) is 8.64. The van der Waals surface area contributed by atoms with E-state index in [9.17, 15) is 13.6 Å². The molecule has 2 N–H and O–H groups in total. The van der Waals surface area contributed by atoms with Crippen molar-refractivity contribution in [1.29, 1.82) is 0 Å². The average Bonchev–Trinajstić information content (AvgIpc) is 3.06. The van der Waals surface area contributed by atoms with E-state index in [1.165, 1.54) is 18.2 Å². The van der Waals surface area contributed by atoms with Crippen molar-refractivity contribution in [3.8, 4) is 5.75 Å². The molecule has 2 aromatic heterocycles. The maximum Gasteiger partial charge on any atom is 0.207 e. The fourth-order valence-corrected chi connectivity index (χ4v) is 2.81. The second-order valence-electron chi connectivity index (χ2n) is 6.38. The van der Waals surface area contributed by atoms with Crippen LogP contribution in [0.5, 0.6) is 5.75 Å². The number of halogens is 2. The van der Waals surface area contributed by atoms with Crippen LogP contribution in [-0.2, 0) is 4.79 Å². The molecular weight excluding hydrogens is 368 g/mol. The summed E-state index contributed by atoms with van der Waals surface area (Å²) in [6, 6.07) is 5.41. The number of alkyl halides is 1. The molecule has 0 aliphatic heterocycles. The van der Waals surface area contributed by atoms with Crippen molar-refractivity contribution < 1.29 is 18.3 Å². The second-order valence-corrected chi connectivity index (χ2v) is 6.38. The third kappa shape index (κ3) is 4.36. The van der Waals surface area contributed by atoms with Gasteiger partial charge in [0.25, 0.3) is 0 Å². The highest BCUT2D eigenvalue weighted by Crippen LogP contribution is 2.29. The summed E-state index contributed by atoms with van der Waals surface area (Å²) < 4.78 is 34.3. The number of aromatic nitrogens is 3. The van der Waals surface area contributed by atoms with Gasteiger partial charge in [-0.05, 0) is 38.1 Å². The summed E-state index contributed by atoms with van der Waals surface area (Å²) in [6.45, 7) is 2.95. The fraction of sp³-hybridized carbons (Fsp3) is 0.316. The van der Waals surface area contributed by atoms with Crippen LogP contribution in [0.4, 0.5) is 14.6 Å². The van der Waals surface area contributed by atoms with Crippen molar-refractivity contribution in [2.24, 2.45) is 0 Å². The summed E-state index contributed by atoms with van der Waals surface area (Å²) >= 11 is 0. The van der Waals surface area contributed by atoms with Gasteiger partial charge < -0.3 is 15.4 Å². The van der Waals surface area contributed by atoms with E-state index in [2.05, 4.69) is 20.7 Å². The van der Waals surface area contributed by atoms with Gasteiger partial charge in [0.1, 0.15) is 30.2 Å². The Hall–Kier alpha value is -3.23. The van der Waals surface area contributed by atoms with E-state index >= 15 is 0 Å². The first-order valence-electron chi connectivity index (χ1n) is 8.78. The van der Waals surface area contributed by atoms with Crippen molar-refractivity contribution in [1.82, 2.24) is 19.9 Å². The molecule has 0 saturated heterocycles. The number of fused-ring (bicyclic) bond motifs is 1. The third-order valence-corrected chi connectivity index (χ3v) is 4.24. The Labute approximate surface area is 160 Å². The first kappa shape index (κ1) is 19.5. The predicted octanol–water partition coefficient (Wildman–Crippen LogP) is 2.81. The van der Waals surface area contributed by atoms with Gasteiger partial charge in [0.15, 0.2) is 5.65 Å². The number of benzene rings is 1. The van der Waals surface area contributed by atoms with Gasteiger partial charge in [-0.3, -0.25) is 4.79 Å². The highest BCUT2D eigenvalue weighted by Gasteiger charge is 2.18. The van der Waals surface area contributed by atoms with E-state index < -0.39 is 18.6 Å². The molecule has 1 aromatic carbocycles. The number of hydrogen-bond acceptors (Lipinski definition) is 5. The number of rotatable bonds is 9. The molecule has 0 fully saturated rings. The van der Waals surface area contributed by atoms with Crippen molar-refractivity contribution in [2.45, 2.75) is 26.0 Å². The number of aryl methyl sites for hydroxylation is 1. The number of amides is 1. The molecule has 0 radical (unpaired) electrons. The topological polar surface area (TPSA) is 80.5 Å². The molecule has 28 heavy (non-hydrogen) atoms. The maximum absolute atomic E-state index is 13.8. The van der Waals surface area contributed by atoms with E-state index in [1.807, 2.05) is 13.8 Å².